The van der Waals surface area contributed by atoms with Gasteiger partial charge in [0.1, 0.15) is 11.6 Å². The highest BCUT2D eigenvalue weighted by molar-refractivity contribution is 5.22. The van der Waals surface area contributed by atoms with Gasteiger partial charge in [-0.1, -0.05) is 36.4 Å². The average molecular weight is 218 g/mol. The van der Waals surface area contributed by atoms with Crippen LogP contribution >= 0.6 is 0 Å². The monoisotopic (exact) mass is 218 g/mol. The first-order valence-electron chi connectivity index (χ1n) is 5.24. The Hall–Kier alpha value is -1.70. The van der Waals surface area contributed by atoms with E-state index in [0.29, 0.717) is 12.8 Å². The van der Waals surface area contributed by atoms with E-state index in [0.717, 1.165) is 5.56 Å². The lowest BCUT2D eigenvalue weighted by Crippen LogP contribution is -1.98. The summed E-state index contributed by atoms with van der Waals surface area (Å²) in [6, 6.07) is 13.7. The van der Waals surface area contributed by atoms with Crippen LogP contribution < -0.4 is 0 Å². The fraction of sp³-hybridized carbons (Fsp3) is 0.143. The minimum Gasteiger partial charge on any atom is -0.207 e. The number of hydrogen-bond donors (Lipinski definition) is 0. The number of hydrogen-bond acceptors (Lipinski definition) is 0. The Kier molecular flexibility index (Phi) is 3.30. The molecule has 0 saturated heterocycles. The summed E-state index contributed by atoms with van der Waals surface area (Å²) in [6.07, 6.45) is 1.04. The molecule has 0 spiro atoms. The van der Waals surface area contributed by atoms with Crippen molar-refractivity contribution in [1.82, 2.24) is 0 Å². The van der Waals surface area contributed by atoms with Crippen molar-refractivity contribution in [1.29, 1.82) is 0 Å². The third kappa shape index (κ3) is 2.45. The Morgan fingerprint density at radius 3 is 1.94 bits per heavy atom. The predicted octanol–water partition coefficient (Wildman–Crippen LogP) is 3.75. The van der Waals surface area contributed by atoms with E-state index in [2.05, 4.69) is 0 Å². The van der Waals surface area contributed by atoms with Crippen molar-refractivity contribution in [3.63, 3.8) is 0 Å². The van der Waals surface area contributed by atoms with Gasteiger partial charge in [-0.3, -0.25) is 0 Å². The quantitative estimate of drug-likeness (QED) is 0.736. The SMILES string of the molecule is Fc1cccc(F)c1CCc1ccccc1. The summed E-state index contributed by atoms with van der Waals surface area (Å²) >= 11 is 0. The Balaban J connectivity index is 2.11. The highest BCUT2D eigenvalue weighted by Crippen LogP contribution is 2.14. The van der Waals surface area contributed by atoms with E-state index in [4.69, 9.17) is 0 Å². The Morgan fingerprint density at radius 1 is 0.688 bits per heavy atom. The van der Waals surface area contributed by atoms with Crippen LogP contribution in [0.25, 0.3) is 0 Å². The summed E-state index contributed by atoms with van der Waals surface area (Å²) in [7, 11) is 0. The maximum atomic E-state index is 13.3. The third-order valence-electron chi connectivity index (χ3n) is 2.57. The molecule has 16 heavy (non-hydrogen) atoms. The van der Waals surface area contributed by atoms with Gasteiger partial charge < -0.3 is 0 Å². The fourth-order valence-corrected chi connectivity index (χ4v) is 1.69. The van der Waals surface area contributed by atoms with E-state index in [9.17, 15) is 8.78 Å². The molecule has 0 nitrogen and oxygen atoms in total. The Bertz CT molecular complexity index is 443. The zero-order valence-corrected chi connectivity index (χ0v) is 8.79. The van der Waals surface area contributed by atoms with Crippen molar-refractivity contribution in [2.75, 3.05) is 0 Å². The lowest BCUT2D eigenvalue weighted by Gasteiger charge is -2.04. The van der Waals surface area contributed by atoms with E-state index in [1.807, 2.05) is 30.3 Å². The molecule has 0 N–H and O–H groups in total. The van der Waals surface area contributed by atoms with Crippen molar-refractivity contribution in [2.24, 2.45) is 0 Å². The molecular weight excluding hydrogens is 206 g/mol. The van der Waals surface area contributed by atoms with Crippen LogP contribution in [0.3, 0.4) is 0 Å². The predicted molar refractivity (Wildman–Crippen MR) is 60.2 cm³/mol. The van der Waals surface area contributed by atoms with Gasteiger partial charge in [-0.2, -0.15) is 0 Å². The molecule has 0 amide bonds. The fourth-order valence-electron chi connectivity index (χ4n) is 1.69. The van der Waals surface area contributed by atoms with Crippen LogP contribution in [0, 0.1) is 11.6 Å². The maximum absolute atomic E-state index is 13.3. The molecule has 0 aliphatic rings. The molecule has 0 heterocycles. The zero-order chi connectivity index (χ0) is 11.4. The summed E-state index contributed by atoms with van der Waals surface area (Å²) in [4.78, 5) is 0. The second-order valence-corrected chi connectivity index (χ2v) is 3.69. The van der Waals surface area contributed by atoms with Crippen LogP contribution in [0.4, 0.5) is 8.78 Å². The van der Waals surface area contributed by atoms with Crippen molar-refractivity contribution in [3.05, 3.63) is 71.3 Å². The van der Waals surface area contributed by atoms with Crippen LogP contribution in [0.1, 0.15) is 11.1 Å². The molecule has 0 radical (unpaired) electrons. The van der Waals surface area contributed by atoms with Crippen molar-refractivity contribution in [2.45, 2.75) is 12.8 Å². The average Bonchev–Trinajstić information content (AvgIpc) is 2.30. The molecule has 2 aromatic rings. The van der Waals surface area contributed by atoms with Crippen LogP contribution in [-0.4, -0.2) is 0 Å². The summed E-state index contributed by atoms with van der Waals surface area (Å²) in [5, 5.41) is 0. The molecule has 0 saturated carbocycles. The number of benzene rings is 2. The minimum absolute atomic E-state index is 0.173. The lowest BCUT2D eigenvalue weighted by molar-refractivity contribution is 0.554. The van der Waals surface area contributed by atoms with Crippen LogP contribution in [0.15, 0.2) is 48.5 Å². The minimum atomic E-state index is -0.462. The van der Waals surface area contributed by atoms with Gasteiger partial charge in [0.05, 0.1) is 0 Å². The van der Waals surface area contributed by atoms with E-state index < -0.39 is 11.6 Å². The highest BCUT2D eigenvalue weighted by atomic mass is 19.1. The van der Waals surface area contributed by atoms with Gasteiger partial charge in [0.15, 0.2) is 0 Å². The van der Waals surface area contributed by atoms with Crippen molar-refractivity contribution in [3.8, 4) is 0 Å². The second-order valence-electron chi connectivity index (χ2n) is 3.69. The molecule has 0 aliphatic heterocycles. The topological polar surface area (TPSA) is 0 Å². The molecule has 0 bridgehead atoms. The van der Waals surface area contributed by atoms with Gasteiger partial charge >= 0.3 is 0 Å². The molecular formula is C14H12F2. The highest BCUT2D eigenvalue weighted by Gasteiger charge is 2.07. The molecule has 0 aromatic heterocycles. The summed E-state index contributed by atoms with van der Waals surface area (Å²) in [5.41, 5.74) is 1.26. The number of halogens is 2. The normalized spacial score (nSPS) is 10.4. The first kappa shape index (κ1) is 10.8. The third-order valence-corrected chi connectivity index (χ3v) is 2.57. The molecule has 0 atom stereocenters. The van der Waals surface area contributed by atoms with E-state index in [1.54, 1.807) is 0 Å². The molecule has 0 unspecified atom stereocenters. The van der Waals surface area contributed by atoms with Gasteiger partial charge in [0.2, 0.25) is 0 Å². The van der Waals surface area contributed by atoms with Crippen molar-refractivity contribution >= 4 is 0 Å². The van der Waals surface area contributed by atoms with Gasteiger partial charge in [0.25, 0.3) is 0 Å². The standard InChI is InChI=1S/C14H12F2/c15-13-7-4-8-14(16)12(13)10-9-11-5-2-1-3-6-11/h1-8H,9-10H2. The molecule has 82 valence electrons. The van der Waals surface area contributed by atoms with E-state index in [1.165, 1.54) is 18.2 Å². The number of rotatable bonds is 3. The molecule has 0 aliphatic carbocycles. The van der Waals surface area contributed by atoms with Crippen LogP contribution in [-0.2, 0) is 12.8 Å². The number of aryl methyl sites for hydroxylation is 1. The van der Waals surface area contributed by atoms with Gasteiger partial charge in [-0.25, -0.2) is 8.78 Å². The molecule has 0 fully saturated rings. The second kappa shape index (κ2) is 4.88. The summed E-state index contributed by atoms with van der Waals surface area (Å²) in [5.74, 6) is -0.924. The summed E-state index contributed by atoms with van der Waals surface area (Å²) in [6.45, 7) is 0. The van der Waals surface area contributed by atoms with Crippen molar-refractivity contribution < 1.29 is 8.78 Å². The lowest BCUT2D eigenvalue weighted by atomic mass is 10.0. The van der Waals surface area contributed by atoms with Gasteiger partial charge in [-0.05, 0) is 30.5 Å². The largest absolute Gasteiger partial charge is 0.207 e. The molecule has 2 rings (SSSR count). The zero-order valence-electron chi connectivity index (χ0n) is 8.79. The first-order chi connectivity index (χ1) is 7.77. The maximum Gasteiger partial charge on any atom is 0.129 e. The van der Waals surface area contributed by atoms with Crippen LogP contribution in [0.2, 0.25) is 0 Å². The van der Waals surface area contributed by atoms with E-state index in [-0.39, 0.29) is 5.56 Å². The first-order valence-corrected chi connectivity index (χ1v) is 5.24. The Morgan fingerprint density at radius 2 is 1.31 bits per heavy atom. The Labute approximate surface area is 93.5 Å². The summed E-state index contributed by atoms with van der Waals surface area (Å²) < 4.78 is 26.6. The van der Waals surface area contributed by atoms with Gasteiger partial charge in [0, 0.05) is 5.56 Å². The molecule has 2 aromatic carbocycles. The van der Waals surface area contributed by atoms with E-state index >= 15 is 0 Å². The van der Waals surface area contributed by atoms with Gasteiger partial charge in [-0.15, -0.1) is 0 Å². The molecule has 2 heteroatoms. The van der Waals surface area contributed by atoms with Crippen LogP contribution in [0.5, 0.6) is 0 Å². The smallest absolute Gasteiger partial charge is 0.129 e.